The molecule has 2 N–H and O–H groups in total. The van der Waals surface area contributed by atoms with E-state index in [1.54, 1.807) is 0 Å². The highest BCUT2D eigenvalue weighted by atomic mass is 16.5. The number of likely N-dealkylation sites (N-methyl/N-ethyl adjacent to an activating group) is 1. The number of carbonyl (C=O) groups excluding carboxylic acids is 2. The standard InChI is InChI=1S/C33H39N3O5/c1-33(2,3)36(19-18-30(37)38)31(39)29(21-35(4)20-23-12-6-5-7-13-23)34-32(40)41-22-28-26-16-10-8-14-24(26)25-15-9-11-17-27(25)28/h5-17,28-29H,18-22H2,1-4H3,(H,34,40)(H,37,38). The quantitative estimate of drug-likeness (QED) is 0.339. The Labute approximate surface area is 241 Å². The minimum absolute atomic E-state index is 0.0307. The Morgan fingerprint density at radius 2 is 1.46 bits per heavy atom. The molecule has 0 spiro atoms. The first-order valence-corrected chi connectivity index (χ1v) is 13.9. The van der Waals surface area contributed by atoms with E-state index in [0.717, 1.165) is 27.8 Å². The van der Waals surface area contributed by atoms with Crippen LogP contribution in [0.4, 0.5) is 4.79 Å². The second kappa shape index (κ2) is 13.0. The summed E-state index contributed by atoms with van der Waals surface area (Å²) >= 11 is 0. The van der Waals surface area contributed by atoms with Crippen LogP contribution in [0.3, 0.4) is 0 Å². The van der Waals surface area contributed by atoms with Gasteiger partial charge in [-0.15, -0.1) is 0 Å². The lowest BCUT2D eigenvalue weighted by molar-refractivity contribution is -0.142. The molecule has 1 unspecified atom stereocenters. The largest absolute Gasteiger partial charge is 0.481 e. The van der Waals surface area contributed by atoms with Crippen LogP contribution in [0.1, 0.15) is 49.8 Å². The van der Waals surface area contributed by atoms with Crippen LogP contribution in [-0.4, -0.2) is 71.2 Å². The number of ether oxygens (including phenoxy) is 1. The molecule has 41 heavy (non-hydrogen) atoms. The molecule has 8 heteroatoms. The molecular formula is C33H39N3O5. The molecule has 216 valence electrons. The van der Waals surface area contributed by atoms with E-state index in [-0.39, 0.29) is 37.9 Å². The van der Waals surface area contributed by atoms with Gasteiger partial charge >= 0.3 is 12.1 Å². The predicted molar refractivity (Wildman–Crippen MR) is 158 cm³/mol. The molecule has 0 radical (unpaired) electrons. The number of nitrogens with zero attached hydrogens (tertiary/aromatic N) is 2. The van der Waals surface area contributed by atoms with Crippen molar-refractivity contribution in [3.8, 4) is 11.1 Å². The topological polar surface area (TPSA) is 99.2 Å². The molecule has 3 aromatic carbocycles. The number of nitrogens with one attached hydrogen (secondary N) is 1. The third kappa shape index (κ3) is 7.52. The average molecular weight is 558 g/mol. The number of amides is 2. The van der Waals surface area contributed by atoms with E-state index in [1.165, 1.54) is 4.90 Å². The van der Waals surface area contributed by atoms with E-state index >= 15 is 0 Å². The maximum absolute atomic E-state index is 13.8. The molecule has 0 aromatic heterocycles. The van der Waals surface area contributed by atoms with Crippen LogP contribution < -0.4 is 5.32 Å². The van der Waals surface area contributed by atoms with Crippen LogP contribution in [0.2, 0.25) is 0 Å². The smallest absolute Gasteiger partial charge is 0.407 e. The molecule has 8 nitrogen and oxygen atoms in total. The van der Waals surface area contributed by atoms with Crippen LogP contribution >= 0.6 is 0 Å². The molecule has 1 atom stereocenters. The van der Waals surface area contributed by atoms with Gasteiger partial charge in [0.2, 0.25) is 5.91 Å². The van der Waals surface area contributed by atoms with E-state index in [0.29, 0.717) is 6.54 Å². The molecule has 1 aliphatic carbocycles. The fourth-order valence-electron chi connectivity index (χ4n) is 5.41. The van der Waals surface area contributed by atoms with Crippen molar-refractivity contribution in [2.45, 2.75) is 51.2 Å². The van der Waals surface area contributed by atoms with Gasteiger partial charge in [0.05, 0.1) is 6.42 Å². The summed E-state index contributed by atoms with van der Waals surface area (Å²) in [5.74, 6) is -1.45. The highest BCUT2D eigenvalue weighted by Crippen LogP contribution is 2.44. The van der Waals surface area contributed by atoms with Crippen molar-refractivity contribution in [2.24, 2.45) is 0 Å². The summed E-state index contributed by atoms with van der Waals surface area (Å²) in [7, 11) is 1.88. The maximum atomic E-state index is 13.8. The zero-order chi connectivity index (χ0) is 29.6. The van der Waals surface area contributed by atoms with Gasteiger partial charge in [-0.25, -0.2) is 4.79 Å². The van der Waals surface area contributed by atoms with E-state index in [1.807, 2.05) is 87.3 Å². The lowest BCUT2D eigenvalue weighted by Crippen LogP contribution is -2.58. The van der Waals surface area contributed by atoms with Gasteiger partial charge in [0, 0.05) is 31.1 Å². The monoisotopic (exact) mass is 557 g/mol. The van der Waals surface area contributed by atoms with Gasteiger partial charge < -0.3 is 20.1 Å². The molecular weight excluding hydrogens is 518 g/mol. The number of fused-ring (bicyclic) bond motifs is 3. The molecule has 0 saturated heterocycles. The minimum atomic E-state index is -0.991. The zero-order valence-electron chi connectivity index (χ0n) is 24.2. The van der Waals surface area contributed by atoms with E-state index in [9.17, 15) is 19.5 Å². The lowest BCUT2D eigenvalue weighted by Gasteiger charge is -2.38. The summed E-state index contributed by atoms with van der Waals surface area (Å²) in [6.07, 6.45) is -0.883. The zero-order valence-corrected chi connectivity index (χ0v) is 24.2. The van der Waals surface area contributed by atoms with Gasteiger partial charge in [0.1, 0.15) is 12.6 Å². The fourth-order valence-corrected chi connectivity index (χ4v) is 5.41. The summed E-state index contributed by atoms with van der Waals surface area (Å²) in [6.45, 7) is 6.51. The third-order valence-corrected chi connectivity index (χ3v) is 7.35. The summed E-state index contributed by atoms with van der Waals surface area (Å²) in [6, 6.07) is 25.1. The first kappa shape index (κ1) is 29.8. The number of hydrogen-bond acceptors (Lipinski definition) is 5. The first-order chi connectivity index (χ1) is 19.5. The van der Waals surface area contributed by atoms with Crippen molar-refractivity contribution in [1.29, 1.82) is 0 Å². The van der Waals surface area contributed by atoms with Gasteiger partial charge in [-0.3, -0.25) is 14.5 Å². The Morgan fingerprint density at radius 1 is 0.902 bits per heavy atom. The molecule has 0 aliphatic heterocycles. The molecule has 0 saturated carbocycles. The second-order valence-electron chi connectivity index (χ2n) is 11.5. The molecule has 0 heterocycles. The molecule has 0 fully saturated rings. The SMILES string of the molecule is CN(Cc1ccccc1)CC(NC(=O)OCC1c2ccccc2-c2ccccc21)C(=O)N(CCC(=O)O)C(C)(C)C. The number of aliphatic carboxylic acids is 1. The molecule has 2 amide bonds. The van der Waals surface area contributed by atoms with Gasteiger partial charge in [0.15, 0.2) is 0 Å². The number of carboxylic acids is 1. The van der Waals surface area contributed by atoms with E-state index in [4.69, 9.17) is 4.74 Å². The second-order valence-corrected chi connectivity index (χ2v) is 11.5. The van der Waals surface area contributed by atoms with Gasteiger partial charge in [-0.05, 0) is 55.6 Å². The fraction of sp³-hybridized carbons (Fsp3) is 0.364. The normalized spacial score (nSPS) is 13.3. The van der Waals surface area contributed by atoms with Crippen molar-refractivity contribution < 1.29 is 24.2 Å². The molecule has 1 aliphatic rings. The Balaban J connectivity index is 1.50. The Kier molecular flexibility index (Phi) is 9.45. The number of hydrogen-bond donors (Lipinski definition) is 2. The Morgan fingerprint density at radius 3 is 2.02 bits per heavy atom. The van der Waals surface area contributed by atoms with Crippen LogP contribution in [-0.2, 0) is 20.9 Å². The lowest BCUT2D eigenvalue weighted by atomic mass is 9.98. The van der Waals surface area contributed by atoms with Gasteiger partial charge in [-0.2, -0.15) is 0 Å². The van der Waals surface area contributed by atoms with Crippen molar-refractivity contribution >= 4 is 18.0 Å². The average Bonchev–Trinajstić information content (AvgIpc) is 3.25. The Bertz CT molecular complexity index is 1320. The summed E-state index contributed by atoms with van der Waals surface area (Å²) in [4.78, 5) is 41.9. The number of alkyl carbamates (subject to hydrolysis) is 1. The number of benzene rings is 3. The molecule has 4 rings (SSSR count). The highest BCUT2D eigenvalue weighted by molar-refractivity contribution is 5.87. The van der Waals surface area contributed by atoms with Crippen LogP contribution in [0.15, 0.2) is 78.9 Å². The van der Waals surface area contributed by atoms with Gasteiger partial charge in [-0.1, -0.05) is 78.9 Å². The van der Waals surface area contributed by atoms with Crippen LogP contribution in [0.5, 0.6) is 0 Å². The van der Waals surface area contributed by atoms with E-state index in [2.05, 4.69) is 29.6 Å². The van der Waals surface area contributed by atoms with Crippen molar-refractivity contribution in [2.75, 3.05) is 26.7 Å². The Hall–Kier alpha value is -4.17. The number of rotatable bonds is 11. The number of carboxylic acid groups (broad SMARTS) is 1. The predicted octanol–water partition coefficient (Wildman–Crippen LogP) is 5.13. The van der Waals surface area contributed by atoms with Crippen LogP contribution in [0.25, 0.3) is 11.1 Å². The third-order valence-electron chi connectivity index (χ3n) is 7.35. The minimum Gasteiger partial charge on any atom is -0.481 e. The maximum Gasteiger partial charge on any atom is 0.407 e. The van der Waals surface area contributed by atoms with E-state index < -0.39 is 23.6 Å². The van der Waals surface area contributed by atoms with Crippen molar-refractivity contribution in [3.63, 3.8) is 0 Å². The van der Waals surface area contributed by atoms with Crippen molar-refractivity contribution in [3.05, 3.63) is 95.6 Å². The summed E-state index contributed by atoms with van der Waals surface area (Å²) in [5, 5.41) is 12.1. The van der Waals surface area contributed by atoms with Crippen LogP contribution in [0, 0.1) is 0 Å². The summed E-state index contributed by atoms with van der Waals surface area (Å²) in [5.41, 5.74) is 4.89. The summed E-state index contributed by atoms with van der Waals surface area (Å²) < 4.78 is 5.75. The molecule has 0 bridgehead atoms. The highest BCUT2D eigenvalue weighted by Gasteiger charge is 2.35. The molecule has 3 aromatic rings. The van der Waals surface area contributed by atoms with Gasteiger partial charge in [0.25, 0.3) is 0 Å². The first-order valence-electron chi connectivity index (χ1n) is 13.9. The number of carbonyl (C=O) groups is 3. The van der Waals surface area contributed by atoms with Crippen molar-refractivity contribution in [1.82, 2.24) is 15.1 Å².